The first-order chi connectivity index (χ1) is 12.0. The van der Waals surface area contributed by atoms with Gasteiger partial charge in [-0.3, -0.25) is 9.59 Å². The number of aromatic nitrogens is 3. The van der Waals surface area contributed by atoms with Crippen LogP contribution in [0.1, 0.15) is 28.2 Å². The summed E-state index contributed by atoms with van der Waals surface area (Å²) < 4.78 is 5.24. The predicted octanol–water partition coefficient (Wildman–Crippen LogP) is 1.52. The summed E-state index contributed by atoms with van der Waals surface area (Å²) in [5.41, 5.74) is -0.404. The molecule has 0 spiro atoms. The molecule has 2 N–H and O–H groups in total. The van der Waals surface area contributed by atoms with Gasteiger partial charge in [0, 0.05) is 32.2 Å². The van der Waals surface area contributed by atoms with Crippen molar-refractivity contribution in [1.82, 2.24) is 20.3 Å². The second kappa shape index (κ2) is 7.24. The minimum absolute atomic E-state index is 0.0685. The quantitative estimate of drug-likeness (QED) is 0.829. The summed E-state index contributed by atoms with van der Waals surface area (Å²) in [5, 5.41) is 12.9. The Morgan fingerprint density at radius 2 is 2.00 bits per heavy atom. The summed E-state index contributed by atoms with van der Waals surface area (Å²) in [7, 11) is 0. The summed E-state index contributed by atoms with van der Waals surface area (Å²) in [5.74, 6) is -0.777. The molecule has 9 heteroatoms. The fourth-order valence-corrected chi connectivity index (χ4v) is 3.60. The summed E-state index contributed by atoms with van der Waals surface area (Å²) in [6.45, 7) is 2.58. The van der Waals surface area contributed by atoms with E-state index in [1.807, 2.05) is 0 Å². The lowest BCUT2D eigenvalue weighted by Crippen LogP contribution is -2.46. The fraction of sp³-hybridized carbons (Fsp3) is 0.438. The number of aliphatic carboxylic acids is 1. The predicted molar refractivity (Wildman–Crippen MR) is 90.3 cm³/mol. The standard InChI is InChI=1S/C16H18N4O4S/c1-10-11(25-14(20-10)12-17-5-2-6-18-12)13(21)19-9-16(15(22)23)3-7-24-8-4-16/h2,5-6H,3-4,7-9H2,1H3,(H,19,21)(H,22,23). The lowest BCUT2D eigenvalue weighted by Gasteiger charge is -2.33. The molecule has 0 atom stereocenters. The molecule has 2 aromatic rings. The number of nitrogens with zero attached hydrogens (tertiary/aromatic N) is 3. The van der Waals surface area contributed by atoms with Crippen LogP contribution in [-0.4, -0.2) is 51.7 Å². The van der Waals surface area contributed by atoms with Crippen molar-refractivity contribution in [2.75, 3.05) is 19.8 Å². The van der Waals surface area contributed by atoms with Crippen LogP contribution >= 0.6 is 11.3 Å². The lowest BCUT2D eigenvalue weighted by molar-refractivity contribution is -0.154. The van der Waals surface area contributed by atoms with Crippen molar-refractivity contribution in [3.63, 3.8) is 0 Å². The first-order valence-corrected chi connectivity index (χ1v) is 8.68. The molecule has 0 saturated carbocycles. The number of ether oxygens (including phenoxy) is 1. The van der Waals surface area contributed by atoms with Gasteiger partial charge in [-0.2, -0.15) is 0 Å². The van der Waals surface area contributed by atoms with E-state index in [-0.39, 0.29) is 12.5 Å². The van der Waals surface area contributed by atoms with Crippen LogP contribution in [0.3, 0.4) is 0 Å². The third kappa shape index (κ3) is 3.67. The van der Waals surface area contributed by atoms with E-state index in [1.165, 1.54) is 11.3 Å². The van der Waals surface area contributed by atoms with E-state index in [0.29, 0.717) is 47.5 Å². The number of aryl methyl sites for hydroxylation is 1. The molecule has 3 heterocycles. The topological polar surface area (TPSA) is 114 Å². The van der Waals surface area contributed by atoms with Gasteiger partial charge in [0.25, 0.3) is 5.91 Å². The van der Waals surface area contributed by atoms with Gasteiger partial charge in [0.1, 0.15) is 4.88 Å². The highest BCUT2D eigenvalue weighted by atomic mass is 32.1. The van der Waals surface area contributed by atoms with Crippen LogP contribution < -0.4 is 5.32 Å². The van der Waals surface area contributed by atoms with Crippen LogP contribution in [0.5, 0.6) is 0 Å². The summed E-state index contributed by atoms with van der Waals surface area (Å²) >= 11 is 1.19. The van der Waals surface area contributed by atoms with Crippen LogP contribution in [0.15, 0.2) is 18.5 Å². The average molecular weight is 362 g/mol. The second-order valence-electron chi connectivity index (χ2n) is 5.89. The molecule has 0 aliphatic carbocycles. The number of nitrogens with one attached hydrogen (secondary N) is 1. The number of hydrogen-bond donors (Lipinski definition) is 2. The molecular formula is C16H18N4O4S. The molecule has 8 nitrogen and oxygen atoms in total. The smallest absolute Gasteiger partial charge is 0.311 e. The number of carbonyl (C=O) groups is 2. The van der Waals surface area contributed by atoms with Gasteiger partial charge in [-0.15, -0.1) is 11.3 Å². The first kappa shape index (κ1) is 17.4. The minimum atomic E-state index is -0.974. The maximum absolute atomic E-state index is 12.5. The monoisotopic (exact) mass is 362 g/mol. The molecule has 25 heavy (non-hydrogen) atoms. The zero-order valence-electron chi connectivity index (χ0n) is 13.7. The van der Waals surface area contributed by atoms with Crippen molar-refractivity contribution in [1.29, 1.82) is 0 Å². The molecule has 1 saturated heterocycles. The number of amides is 1. The number of rotatable bonds is 5. The number of carbonyl (C=O) groups excluding carboxylic acids is 1. The Kier molecular flexibility index (Phi) is 5.05. The minimum Gasteiger partial charge on any atom is -0.481 e. The lowest BCUT2D eigenvalue weighted by atomic mass is 9.80. The number of hydrogen-bond acceptors (Lipinski definition) is 7. The van der Waals surface area contributed by atoms with Crippen LogP contribution in [-0.2, 0) is 9.53 Å². The average Bonchev–Trinajstić information content (AvgIpc) is 3.03. The maximum atomic E-state index is 12.5. The Hall–Kier alpha value is -2.39. The Morgan fingerprint density at radius 3 is 2.64 bits per heavy atom. The highest BCUT2D eigenvalue weighted by molar-refractivity contribution is 7.17. The first-order valence-electron chi connectivity index (χ1n) is 7.86. The van der Waals surface area contributed by atoms with E-state index in [1.54, 1.807) is 25.4 Å². The van der Waals surface area contributed by atoms with Gasteiger partial charge < -0.3 is 15.2 Å². The summed E-state index contributed by atoms with van der Waals surface area (Å²) in [4.78, 5) is 37.2. The SMILES string of the molecule is Cc1nc(-c2ncccn2)sc1C(=O)NCC1(C(=O)O)CCOCC1. The van der Waals surface area contributed by atoms with Gasteiger partial charge >= 0.3 is 5.97 Å². The molecule has 1 fully saturated rings. The van der Waals surface area contributed by atoms with Crippen molar-refractivity contribution in [3.8, 4) is 10.8 Å². The van der Waals surface area contributed by atoms with E-state index in [4.69, 9.17) is 4.74 Å². The Morgan fingerprint density at radius 1 is 1.32 bits per heavy atom. The van der Waals surface area contributed by atoms with E-state index in [9.17, 15) is 14.7 Å². The number of carboxylic acids is 1. The molecule has 1 aliphatic heterocycles. The van der Waals surface area contributed by atoms with E-state index >= 15 is 0 Å². The van der Waals surface area contributed by atoms with Gasteiger partial charge in [-0.1, -0.05) is 0 Å². The Bertz CT molecular complexity index is 772. The number of thiazole rings is 1. The molecule has 132 valence electrons. The molecule has 1 amide bonds. The molecule has 1 aliphatic rings. The van der Waals surface area contributed by atoms with Crippen molar-refractivity contribution in [2.45, 2.75) is 19.8 Å². The van der Waals surface area contributed by atoms with Gasteiger partial charge in [0.15, 0.2) is 10.8 Å². The largest absolute Gasteiger partial charge is 0.481 e. The van der Waals surface area contributed by atoms with E-state index < -0.39 is 11.4 Å². The zero-order valence-corrected chi connectivity index (χ0v) is 14.5. The molecule has 0 bridgehead atoms. The maximum Gasteiger partial charge on any atom is 0.311 e. The molecule has 2 aromatic heterocycles. The molecule has 0 radical (unpaired) electrons. The van der Waals surface area contributed by atoms with Gasteiger partial charge in [0.05, 0.1) is 11.1 Å². The molecule has 0 aromatic carbocycles. The molecule has 0 unspecified atom stereocenters. The zero-order chi connectivity index (χ0) is 17.9. The summed E-state index contributed by atoms with van der Waals surface area (Å²) in [6, 6.07) is 1.71. The third-order valence-electron chi connectivity index (χ3n) is 4.25. The third-order valence-corrected chi connectivity index (χ3v) is 5.40. The van der Waals surface area contributed by atoms with Crippen LogP contribution in [0.4, 0.5) is 0 Å². The Labute approximate surface area is 148 Å². The van der Waals surface area contributed by atoms with Crippen molar-refractivity contribution < 1.29 is 19.4 Å². The van der Waals surface area contributed by atoms with Crippen LogP contribution in [0, 0.1) is 12.3 Å². The molecular weight excluding hydrogens is 344 g/mol. The van der Waals surface area contributed by atoms with Crippen molar-refractivity contribution in [2.24, 2.45) is 5.41 Å². The normalized spacial score (nSPS) is 16.4. The second-order valence-corrected chi connectivity index (χ2v) is 6.89. The fourth-order valence-electron chi connectivity index (χ4n) is 2.67. The van der Waals surface area contributed by atoms with Gasteiger partial charge in [-0.05, 0) is 25.8 Å². The highest BCUT2D eigenvalue weighted by Gasteiger charge is 2.40. The molecule has 3 rings (SSSR count). The van der Waals surface area contributed by atoms with E-state index in [2.05, 4.69) is 20.3 Å². The Balaban J connectivity index is 1.73. The van der Waals surface area contributed by atoms with Crippen LogP contribution in [0.2, 0.25) is 0 Å². The van der Waals surface area contributed by atoms with Gasteiger partial charge in [0.2, 0.25) is 0 Å². The van der Waals surface area contributed by atoms with E-state index in [0.717, 1.165) is 0 Å². The van der Waals surface area contributed by atoms with Crippen molar-refractivity contribution in [3.05, 3.63) is 29.0 Å². The highest BCUT2D eigenvalue weighted by Crippen LogP contribution is 2.31. The van der Waals surface area contributed by atoms with Crippen molar-refractivity contribution >= 4 is 23.2 Å². The summed E-state index contributed by atoms with van der Waals surface area (Å²) in [6.07, 6.45) is 3.99. The van der Waals surface area contributed by atoms with Gasteiger partial charge in [-0.25, -0.2) is 15.0 Å². The number of carboxylic acid groups (broad SMARTS) is 1. The van der Waals surface area contributed by atoms with Crippen LogP contribution in [0.25, 0.3) is 10.8 Å².